The van der Waals surface area contributed by atoms with Crippen LogP contribution in [0.1, 0.15) is 132 Å². The van der Waals surface area contributed by atoms with Crippen molar-refractivity contribution in [3.05, 3.63) is 89.5 Å². The molecule has 1 atom stereocenters. The molecule has 0 amide bonds. The summed E-state index contributed by atoms with van der Waals surface area (Å²) in [5.74, 6) is 0.323. The van der Waals surface area contributed by atoms with Gasteiger partial charge in [0.05, 0.1) is 11.7 Å². The molecule has 3 heteroatoms. The normalized spacial score (nSPS) is 11.9. The van der Waals surface area contributed by atoms with E-state index in [1.165, 1.54) is 76.2 Å². The lowest BCUT2D eigenvalue weighted by Crippen LogP contribution is -2.09. The van der Waals surface area contributed by atoms with E-state index in [1.54, 1.807) is 0 Å². The summed E-state index contributed by atoms with van der Waals surface area (Å²) in [5, 5.41) is 0. The zero-order valence-corrected chi connectivity index (χ0v) is 25.8. The monoisotopic (exact) mass is 556 g/mol. The second-order valence-electron chi connectivity index (χ2n) is 11.3. The number of carbonyl (C=O) groups excluding carboxylic acids is 1. The Morgan fingerprint density at radius 3 is 1.76 bits per heavy atom. The maximum atomic E-state index is 12.7. The zero-order chi connectivity index (χ0) is 29.1. The molecule has 0 aliphatic rings. The fourth-order valence-corrected chi connectivity index (χ4v) is 5.28. The quantitative estimate of drug-likeness (QED) is 0.0788. The van der Waals surface area contributed by atoms with Crippen LogP contribution in [0, 0.1) is 0 Å². The molecule has 0 saturated carbocycles. The van der Waals surface area contributed by atoms with Crippen molar-refractivity contribution in [1.29, 1.82) is 0 Å². The summed E-state index contributed by atoms with van der Waals surface area (Å²) in [7, 11) is 0. The lowest BCUT2D eigenvalue weighted by Gasteiger charge is -2.14. The van der Waals surface area contributed by atoms with E-state index >= 15 is 0 Å². The van der Waals surface area contributed by atoms with E-state index in [9.17, 15) is 4.79 Å². The van der Waals surface area contributed by atoms with E-state index in [0.717, 1.165) is 42.6 Å². The molecule has 0 saturated heterocycles. The minimum Gasteiger partial charge on any atom is -0.423 e. The van der Waals surface area contributed by atoms with Crippen molar-refractivity contribution in [2.24, 2.45) is 0 Å². The van der Waals surface area contributed by atoms with Crippen LogP contribution in [0.15, 0.2) is 72.8 Å². The van der Waals surface area contributed by atoms with Crippen LogP contribution in [-0.4, -0.2) is 12.6 Å². The number of esters is 1. The van der Waals surface area contributed by atoms with Gasteiger partial charge in [-0.05, 0) is 60.2 Å². The van der Waals surface area contributed by atoms with E-state index in [0.29, 0.717) is 11.3 Å². The van der Waals surface area contributed by atoms with Crippen molar-refractivity contribution in [1.82, 2.24) is 0 Å². The second-order valence-corrected chi connectivity index (χ2v) is 11.3. The lowest BCUT2D eigenvalue weighted by atomic mass is 10.0. The molecule has 0 heterocycles. The number of benzene rings is 3. The van der Waals surface area contributed by atoms with Gasteiger partial charge in [0.1, 0.15) is 5.75 Å². The molecule has 41 heavy (non-hydrogen) atoms. The predicted molar refractivity (Wildman–Crippen MR) is 173 cm³/mol. The Labute approximate surface area is 249 Å². The molecule has 3 aromatic carbocycles. The lowest BCUT2D eigenvalue weighted by molar-refractivity contribution is 0.0627. The largest absolute Gasteiger partial charge is 0.423 e. The molecule has 0 fully saturated rings. The van der Waals surface area contributed by atoms with Gasteiger partial charge in [0.15, 0.2) is 0 Å². The molecule has 0 aliphatic carbocycles. The highest BCUT2D eigenvalue weighted by molar-refractivity contribution is 5.91. The van der Waals surface area contributed by atoms with Crippen LogP contribution >= 0.6 is 0 Å². The number of hydrogen-bond donors (Lipinski definition) is 0. The number of carbonyl (C=O) groups is 1. The van der Waals surface area contributed by atoms with Crippen molar-refractivity contribution in [3.8, 4) is 16.9 Å². The van der Waals surface area contributed by atoms with Crippen LogP contribution in [0.4, 0.5) is 0 Å². The van der Waals surface area contributed by atoms with E-state index in [1.807, 2.05) is 48.5 Å². The van der Waals surface area contributed by atoms with Crippen LogP contribution < -0.4 is 4.74 Å². The van der Waals surface area contributed by atoms with E-state index in [2.05, 4.69) is 45.0 Å². The Bertz CT molecular complexity index is 1120. The minimum absolute atomic E-state index is 0.0875. The molecule has 3 rings (SSSR count). The van der Waals surface area contributed by atoms with Gasteiger partial charge in [0.2, 0.25) is 0 Å². The first kappa shape index (κ1) is 32.6. The SMILES string of the molecule is CCCCCCCCCCCCCCOC(C)c1ccc(-c2ccc(C(=O)Oc3ccccc3CCC)cc2)cc1. The molecule has 222 valence electrons. The molecular formula is C38H52O3. The van der Waals surface area contributed by atoms with E-state index < -0.39 is 0 Å². The number of para-hydroxylation sites is 1. The predicted octanol–water partition coefficient (Wildman–Crippen LogP) is 11.3. The molecule has 0 bridgehead atoms. The molecule has 0 radical (unpaired) electrons. The number of unbranched alkanes of at least 4 members (excludes halogenated alkanes) is 11. The smallest absolute Gasteiger partial charge is 0.343 e. The van der Waals surface area contributed by atoms with Gasteiger partial charge in [-0.2, -0.15) is 0 Å². The summed E-state index contributed by atoms with van der Waals surface area (Å²) in [6.07, 6.45) is 18.3. The van der Waals surface area contributed by atoms with Gasteiger partial charge < -0.3 is 9.47 Å². The first-order valence-corrected chi connectivity index (χ1v) is 16.2. The minimum atomic E-state index is -0.324. The second kappa shape index (κ2) is 19.3. The van der Waals surface area contributed by atoms with Gasteiger partial charge >= 0.3 is 5.97 Å². The van der Waals surface area contributed by atoms with Gasteiger partial charge in [-0.1, -0.05) is 145 Å². The molecule has 0 aliphatic heterocycles. The highest BCUT2D eigenvalue weighted by atomic mass is 16.5. The highest BCUT2D eigenvalue weighted by Gasteiger charge is 2.12. The van der Waals surface area contributed by atoms with Crippen molar-refractivity contribution in [3.63, 3.8) is 0 Å². The summed E-state index contributed by atoms with van der Waals surface area (Å²) >= 11 is 0. The third-order valence-corrected chi connectivity index (χ3v) is 7.89. The fraction of sp³-hybridized carbons (Fsp3) is 0.500. The maximum absolute atomic E-state index is 12.7. The van der Waals surface area contributed by atoms with Gasteiger partial charge in [-0.25, -0.2) is 4.79 Å². The summed E-state index contributed by atoms with van der Waals surface area (Å²) in [5.41, 5.74) is 5.00. The number of hydrogen-bond acceptors (Lipinski definition) is 3. The first-order valence-electron chi connectivity index (χ1n) is 16.2. The van der Waals surface area contributed by atoms with Gasteiger partial charge in [-0.15, -0.1) is 0 Å². The van der Waals surface area contributed by atoms with Crippen LogP contribution in [0.2, 0.25) is 0 Å². The summed E-state index contributed by atoms with van der Waals surface area (Å²) in [6.45, 7) is 7.36. The Kier molecular flexibility index (Phi) is 15.3. The highest BCUT2D eigenvalue weighted by Crippen LogP contribution is 2.25. The Morgan fingerprint density at radius 2 is 1.17 bits per heavy atom. The van der Waals surface area contributed by atoms with Crippen molar-refractivity contribution >= 4 is 5.97 Å². The molecule has 1 unspecified atom stereocenters. The summed E-state index contributed by atoms with van der Waals surface area (Å²) < 4.78 is 11.8. The Hall–Kier alpha value is -2.91. The first-order chi connectivity index (χ1) is 20.1. The molecule has 3 nitrogen and oxygen atoms in total. The molecule has 0 spiro atoms. The van der Waals surface area contributed by atoms with Crippen molar-refractivity contribution in [2.75, 3.05) is 6.61 Å². The molecular weight excluding hydrogens is 504 g/mol. The third kappa shape index (κ3) is 11.8. The van der Waals surface area contributed by atoms with E-state index in [4.69, 9.17) is 9.47 Å². The average molecular weight is 557 g/mol. The summed E-state index contributed by atoms with van der Waals surface area (Å²) in [6, 6.07) is 24.0. The van der Waals surface area contributed by atoms with Gasteiger partial charge in [0, 0.05) is 6.61 Å². The van der Waals surface area contributed by atoms with Gasteiger partial charge in [0.25, 0.3) is 0 Å². The van der Waals surface area contributed by atoms with Crippen LogP contribution in [0.25, 0.3) is 11.1 Å². The van der Waals surface area contributed by atoms with Crippen molar-refractivity contribution < 1.29 is 14.3 Å². The van der Waals surface area contributed by atoms with Crippen molar-refractivity contribution in [2.45, 2.75) is 117 Å². The summed E-state index contributed by atoms with van der Waals surface area (Å²) in [4.78, 5) is 12.7. The van der Waals surface area contributed by atoms with Crippen LogP contribution in [0.3, 0.4) is 0 Å². The molecule has 3 aromatic rings. The number of aryl methyl sites for hydroxylation is 1. The average Bonchev–Trinajstić information content (AvgIpc) is 3.00. The van der Waals surface area contributed by atoms with Gasteiger partial charge in [-0.3, -0.25) is 0 Å². The standard InChI is InChI=1S/C38H52O3/c1-4-6-7-8-9-10-11-12-13-14-15-18-30-40-31(3)32-22-24-33(25-23-32)34-26-28-36(29-27-34)38(39)41-37-21-17-16-20-35(37)19-5-2/h16-17,20-29,31H,4-15,18-19,30H2,1-3H3. The Balaban J connectivity index is 1.35. The van der Waals surface area contributed by atoms with E-state index in [-0.39, 0.29) is 12.1 Å². The Morgan fingerprint density at radius 1 is 0.634 bits per heavy atom. The topological polar surface area (TPSA) is 35.5 Å². The van der Waals surface area contributed by atoms with Crippen LogP contribution in [-0.2, 0) is 11.2 Å². The fourth-order valence-electron chi connectivity index (χ4n) is 5.28. The number of rotatable bonds is 20. The van der Waals surface area contributed by atoms with Crippen LogP contribution in [0.5, 0.6) is 5.75 Å². The molecule has 0 N–H and O–H groups in total. The third-order valence-electron chi connectivity index (χ3n) is 7.89. The molecule has 0 aromatic heterocycles. The zero-order valence-electron chi connectivity index (χ0n) is 25.8. The number of ether oxygens (including phenoxy) is 2. The maximum Gasteiger partial charge on any atom is 0.343 e.